The number of carbonyl (C=O) groups is 2. The highest BCUT2D eigenvalue weighted by Crippen LogP contribution is 2.49. The Kier molecular flexibility index (Phi) is 6.65. The Bertz CT molecular complexity index is 1430. The van der Waals surface area contributed by atoms with Gasteiger partial charge in [0.25, 0.3) is 5.69 Å². The molecule has 8 heteroatoms. The van der Waals surface area contributed by atoms with Crippen LogP contribution >= 0.6 is 0 Å². The summed E-state index contributed by atoms with van der Waals surface area (Å²) in [5.74, 6) is 0.892. The van der Waals surface area contributed by atoms with Crippen LogP contribution in [0, 0.1) is 15.5 Å². The minimum atomic E-state index is -0.735. The number of benzene rings is 2. The van der Waals surface area contributed by atoms with Crippen LogP contribution in [0.3, 0.4) is 0 Å². The van der Waals surface area contributed by atoms with Crippen LogP contribution in [0.15, 0.2) is 76.4 Å². The number of allylic oxidation sites excluding steroid dienone is 1. The molecule has 1 atom stereocenters. The molecule has 5 rings (SSSR count). The maximum atomic E-state index is 13.8. The molecule has 8 nitrogen and oxygen atoms in total. The third kappa shape index (κ3) is 4.74. The van der Waals surface area contributed by atoms with Crippen molar-refractivity contribution in [3.8, 4) is 11.3 Å². The van der Waals surface area contributed by atoms with Gasteiger partial charge in [0, 0.05) is 41.8 Å². The van der Waals surface area contributed by atoms with Gasteiger partial charge in [0.05, 0.1) is 16.3 Å². The number of nitrogens with one attached hydrogen (secondary N) is 1. The zero-order valence-corrected chi connectivity index (χ0v) is 21.8. The molecule has 0 spiro atoms. The number of nitro groups is 1. The Hall–Kier alpha value is -4.20. The van der Waals surface area contributed by atoms with Gasteiger partial charge in [-0.15, -0.1) is 0 Å². The number of hydrogen-bond acceptors (Lipinski definition) is 6. The molecular weight excluding hydrogens is 482 g/mol. The molecule has 1 amide bonds. The van der Waals surface area contributed by atoms with Gasteiger partial charge < -0.3 is 9.73 Å². The number of anilines is 2. The van der Waals surface area contributed by atoms with E-state index in [1.807, 2.05) is 31.2 Å². The number of fused-ring (bicyclic) bond motifs is 1. The molecule has 2 heterocycles. The lowest BCUT2D eigenvalue weighted by Crippen LogP contribution is -2.39. The highest BCUT2D eigenvalue weighted by molar-refractivity contribution is 6.06. The van der Waals surface area contributed by atoms with Crippen molar-refractivity contribution in [3.63, 3.8) is 0 Å². The number of amides is 1. The van der Waals surface area contributed by atoms with E-state index in [4.69, 9.17) is 4.42 Å². The number of nitro benzene ring substituents is 1. The van der Waals surface area contributed by atoms with Crippen molar-refractivity contribution in [2.45, 2.75) is 58.9 Å². The van der Waals surface area contributed by atoms with E-state index in [0.717, 1.165) is 24.2 Å². The van der Waals surface area contributed by atoms with Gasteiger partial charge in [-0.25, -0.2) is 0 Å². The number of unbranched alkanes of at least 4 members (excludes halogenated alkanes) is 1. The van der Waals surface area contributed by atoms with Crippen molar-refractivity contribution < 1.29 is 18.9 Å². The van der Waals surface area contributed by atoms with Crippen LogP contribution in [0.1, 0.15) is 64.7 Å². The van der Waals surface area contributed by atoms with Gasteiger partial charge in [0.15, 0.2) is 5.78 Å². The molecule has 1 aromatic heterocycles. The van der Waals surface area contributed by atoms with E-state index in [2.05, 4.69) is 19.2 Å². The van der Waals surface area contributed by atoms with E-state index in [0.29, 0.717) is 47.6 Å². The van der Waals surface area contributed by atoms with Gasteiger partial charge >= 0.3 is 0 Å². The average Bonchev–Trinajstić information content (AvgIpc) is 3.31. The smallest absolute Gasteiger partial charge is 0.269 e. The summed E-state index contributed by atoms with van der Waals surface area (Å²) in [5, 5.41) is 14.6. The maximum Gasteiger partial charge on any atom is 0.269 e. The molecule has 1 unspecified atom stereocenters. The molecule has 3 aromatic rings. The van der Waals surface area contributed by atoms with Crippen LogP contribution in [-0.4, -0.2) is 16.6 Å². The topological polar surface area (TPSA) is 106 Å². The van der Waals surface area contributed by atoms with Crippen molar-refractivity contribution in [2.24, 2.45) is 5.41 Å². The third-order valence-corrected chi connectivity index (χ3v) is 7.17. The Balaban J connectivity index is 1.67. The fourth-order valence-corrected chi connectivity index (χ4v) is 5.38. The summed E-state index contributed by atoms with van der Waals surface area (Å²) in [5.41, 5.74) is 3.27. The molecule has 2 aromatic carbocycles. The SMILES string of the molecule is CCCCC(=O)N1c2ccccc2NC2=C(C(=O)CC(C)(C)C2)C1c1ccc(-c2ccc([N+](=O)[O-])cc2)o1. The van der Waals surface area contributed by atoms with Crippen molar-refractivity contribution in [3.05, 3.63) is 87.8 Å². The number of hydrogen-bond donors (Lipinski definition) is 1. The lowest BCUT2D eigenvalue weighted by Gasteiger charge is -2.36. The van der Waals surface area contributed by atoms with Gasteiger partial charge in [-0.3, -0.25) is 24.6 Å². The van der Waals surface area contributed by atoms with Gasteiger partial charge in [-0.2, -0.15) is 0 Å². The summed E-state index contributed by atoms with van der Waals surface area (Å²) in [7, 11) is 0. The van der Waals surface area contributed by atoms with Crippen LogP contribution in [0.4, 0.5) is 17.1 Å². The molecule has 1 aliphatic carbocycles. The van der Waals surface area contributed by atoms with Gasteiger partial charge in [0.2, 0.25) is 5.91 Å². The van der Waals surface area contributed by atoms with E-state index < -0.39 is 11.0 Å². The minimum Gasteiger partial charge on any atom is -0.459 e. The lowest BCUT2D eigenvalue weighted by molar-refractivity contribution is -0.384. The van der Waals surface area contributed by atoms with E-state index in [-0.39, 0.29) is 22.8 Å². The second-order valence-electron chi connectivity index (χ2n) is 10.8. The van der Waals surface area contributed by atoms with Gasteiger partial charge in [-0.05, 0) is 54.7 Å². The first kappa shape index (κ1) is 25.4. The van der Waals surface area contributed by atoms with E-state index in [1.165, 1.54) is 12.1 Å². The van der Waals surface area contributed by atoms with Crippen LogP contribution in [-0.2, 0) is 9.59 Å². The van der Waals surface area contributed by atoms with Crippen LogP contribution in [0.5, 0.6) is 0 Å². The standard InChI is InChI=1S/C30H31N3O5/c1-4-5-10-27(35)32-23-9-7-6-8-21(23)31-22-17-30(2,3)18-24(34)28(22)29(32)26-16-15-25(38-26)19-11-13-20(14-12-19)33(36)37/h6-9,11-16,29,31H,4-5,10,17-18H2,1-3H3. The highest BCUT2D eigenvalue weighted by Gasteiger charge is 2.44. The number of para-hydroxylation sites is 2. The summed E-state index contributed by atoms with van der Waals surface area (Å²) in [4.78, 5) is 39.9. The van der Waals surface area contributed by atoms with Crippen LogP contribution < -0.4 is 10.2 Å². The van der Waals surface area contributed by atoms with E-state index in [9.17, 15) is 19.7 Å². The van der Waals surface area contributed by atoms with Gasteiger partial charge in [-0.1, -0.05) is 39.3 Å². The second-order valence-corrected chi connectivity index (χ2v) is 10.8. The van der Waals surface area contributed by atoms with E-state index in [1.54, 1.807) is 29.2 Å². The molecule has 0 saturated carbocycles. The maximum absolute atomic E-state index is 13.8. The molecular formula is C30H31N3O5. The second kappa shape index (κ2) is 9.93. The zero-order valence-electron chi connectivity index (χ0n) is 21.8. The molecule has 2 aliphatic rings. The summed E-state index contributed by atoms with van der Waals surface area (Å²) in [6, 6.07) is 16.6. The summed E-state index contributed by atoms with van der Waals surface area (Å²) in [6.45, 7) is 6.19. The largest absolute Gasteiger partial charge is 0.459 e. The Morgan fingerprint density at radius 2 is 1.84 bits per heavy atom. The van der Waals surface area contributed by atoms with Crippen molar-refractivity contribution in [1.29, 1.82) is 0 Å². The quantitative estimate of drug-likeness (QED) is 0.276. The van der Waals surface area contributed by atoms with Crippen LogP contribution in [0.2, 0.25) is 0 Å². The predicted molar refractivity (Wildman–Crippen MR) is 146 cm³/mol. The Morgan fingerprint density at radius 3 is 2.55 bits per heavy atom. The monoisotopic (exact) mass is 513 g/mol. The number of ketones is 1. The molecule has 1 aliphatic heterocycles. The van der Waals surface area contributed by atoms with Crippen LogP contribution in [0.25, 0.3) is 11.3 Å². The Labute approximate surface area is 221 Å². The fourth-order valence-electron chi connectivity index (χ4n) is 5.38. The molecule has 0 radical (unpaired) electrons. The number of carbonyl (C=O) groups excluding carboxylic acids is 2. The average molecular weight is 514 g/mol. The minimum absolute atomic E-state index is 0.00936. The first-order valence-corrected chi connectivity index (χ1v) is 13.0. The molecule has 1 N–H and O–H groups in total. The number of non-ortho nitro benzene ring substituents is 1. The number of rotatable bonds is 6. The van der Waals surface area contributed by atoms with E-state index >= 15 is 0 Å². The summed E-state index contributed by atoms with van der Waals surface area (Å²) < 4.78 is 6.34. The van der Waals surface area contributed by atoms with Crippen molar-refractivity contribution >= 4 is 28.8 Å². The molecule has 0 bridgehead atoms. The third-order valence-electron chi connectivity index (χ3n) is 7.17. The zero-order chi connectivity index (χ0) is 27.0. The highest BCUT2D eigenvalue weighted by atomic mass is 16.6. The Morgan fingerprint density at radius 1 is 1.11 bits per heavy atom. The normalized spacial score (nSPS) is 18.3. The number of Topliss-reactive ketones (excluding diaryl/α,β-unsaturated/α-hetero) is 1. The fraction of sp³-hybridized carbons (Fsp3) is 0.333. The molecule has 0 fully saturated rings. The van der Waals surface area contributed by atoms with Gasteiger partial charge in [0.1, 0.15) is 17.6 Å². The number of furan rings is 1. The predicted octanol–water partition coefficient (Wildman–Crippen LogP) is 7.19. The lowest BCUT2D eigenvalue weighted by atomic mass is 9.74. The molecule has 196 valence electrons. The molecule has 0 saturated heterocycles. The summed E-state index contributed by atoms with van der Waals surface area (Å²) in [6.07, 6.45) is 2.98. The number of nitrogens with zero attached hydrogens (tertiary/aromatic N) is 2. The summed E-state index contributed by atoms with van der Waals surface area (Å²) >= 11 is 0. The first-order valence-electron chi connectivity index (χ1n) is 13.0. The van der Waals surface area contributed by atoms with Crippen molar-refractivity contribution in [2.75, 3.05) is 10.2 Å². The first-order chi connectivity index (χ1) is 18.2. The van der Waals surface area contributed by atoms with Crippen molar-refractivity contribution in [1.82, 2.24) is 0 Å². The molecule has 38 heavy (non-hydrogen) atoms.